The summed E-state index contributed by atoms with van der Waals surface area (Å²) in [5, 5.41) is 9.18. The molecule has 0 aliphatic rings. The quantitative estimate of drug-likeness (QED) is 0.875. The number of hydrogen-bond donors (Lipinski definition) is 1. The van der Waals surface area contributed by atoms with Crippen LogP contribution in [0, 0.1) is 6.92 Å². The van der Waals surface area contributed by atoms with Gasteiger partial charge in [0.05, 0.1) is 20.9 Å². The minimum atomic E-state index is 0.818. The zero-order chi connectivity index (χ0) is 13.8. The molecule has 0 amide bonds. The molecule has 0 fully saturated rings. The Bertz CT molecular complexity index is 547. The Hall–Kier alpha value is -0.720. The molecule has 4 nitrogen and oxygen atoms in total. The zero-order valence-electron chi connectivity index (χ0n) is 11.5. The predicted molar refractivity (Wildman–Crippen MR) is 82.4 cm³/mol. The second-order valence-corrected chi connectivity index (χ2v) is 6.44. The van der Waals surface area contributed by atoms with Crippen molar-refractivity contribution in [1.82, 2.24) is 20.1 Å². The van der Waals surface area contributed by atoms with E-state index in [-0.39, 0.29) is 0 Å². The molecule has 0 bridgehead atoms. The summed E-state index contributed by atoms with van der Waals surface area (Å²) in [5.74, 6) is 0. The molecule has 0 unspecified atom stereocenters. The Morgan fingerprint density at radius 3 is 2.74 bits per heavy atom. The maximum Gasteiger partial charge on any atom is 0.0897 e. The van der Waals surface area contributed by atoms with Crippen LogP contribution in [0.5, 0.6) is 0 Å². The summed E-state index contributed by atoms with van der Waals surface area (Å²) < 4.78 is 3.21. The molecule has 0 radical (unpaired) electrons. The van der Waals surface area contributed by atoms with Crippen LogP contribution >= 0.6 is 27.3 Å². The van der Waals surface area contributed by atoms with Crippen LogP contribution in [-0.2, 0) is 26.1 Å². The number of hydrogen-bond acceptors (Lipinski definition) is 4. The van der Waals surface area contributed by atoms with Crippen molar-refractivity contribution in [2.24, 2.45) is 0 Å². The Kier molecular flexibility index (Phi) is 5.13. The average molecular weight is 343 g/mol. The first-order valence-corrected chi connectivity index (χ1v) is 8.12. The van der Waals surface area contributed by atoms with Crippen molar-refractivity contribution in [3.63, 3.8) is 0 Å². The molecule has 0 spiro atoms. The van der Waals surface area contributed by atoms with Crippen molar-refractivity contribution in [3.05, 3.63) is 31.9 Å². The highest BCUT2D eigenvalue weighted by Gasteiger charge is 2.13. The van der Waals surface area contributed by atoms with E-state index in [1.54, 1.807) is 11.3 Å². The number of aryl methyl sites for hydroxylation is 3. The van der Waals surface area contributed by atoms with E-state index >= 15 is 0 Å². The summed E-state index contributed by atoms with van der Waals surface area (Å²) in [4.78, 5) is 5.53. The standard InChI is InChI=1S/C13H19BrN4S/c1-4-11-13(14)12(18(5-2)17-11)8-15-6-10-7-16-9(3)19-10/h7,15H,4-6,8H2,1-3H3. The highest BCUT2D eigenvalue weighted by atomic mass is 79.9. The molecular formula is C13H19BrN4S. The van der Waals surface area contributed by atoms with Crippen molar-refractivity contribution in [2.45, 2.75) is 46.8 Å². The summed E-state index contributed by atoms with van der Waals surface area (Å²) in [7, 11) is 0. The van der Waals surface area contributed by atoms with Crippen LogP contribution in [0.15, 0.2) is 10.7 Å². The fourth-order valence-electron chi connectivity index (χ4n) is 1.98. The van der Waals surface area contributed by atoms with E-state index in [9.17, 15) is 0 Å². The third kappa shape index (κ3) is 3.43. The van der Waals surface area contributed by atoms with Gasteiger partial charge in [0, 0.05) is 30.7 Å². The maximum atomic E-state index is 4.60. The van der Waals surface area contributed by atoms with E-state index in [0.717, 1.165) is 41.2 Å². The van der Waals surface area contributed by atoms with Gasteiger partial charge in [-0.3, -0.25) is 4.68 Å². The number of thiazole rings is 1. The van der Waals surface area contributed by atoms with Crippen molar-refractivity contribution < 1.29 is 0 Å². The van der Waals surface area contributed by atoms with Gasteiger partial charge in [-0.1, -0.05) is 6.92 Å². The van der Waals surface area contributed by atoms with Crippen LogP contribution in [0.3, 0.4) is 0 Å². The summed E-state index contributed by atoms with van der Waals surface area (Å²) in [6.07, 6.45) is 2.89. The van der Waals surface area contributed by atoms with Crippen LogP contribution in [0.2, 0.25) is 0 Å². The SMILES string of the molecule is CCc1nn(CC)c(CNCc2cnc(C)s2)c1Br. The molecule has 2 rings (SSSR count). The molecule has 2 aromatic heterocycles. The topological polar surface area (TPSA) is 42.7 Å². The van der Waals surface area contributed by atoms with Crippen LogP contribution in [0.4, 0.5) is 0 Å². The molecule has 19 heavy (non-hydrogen) atoms. The minimum absolute atomic E-state index is 0.818. The molecule has 2 heterocycles. The van der Waals surface area contributed by atoms with E-state index in [1.165, 1.54) is 10.6 Å². The molecule has 1 N–H and O–H groups in total. The normalized spacial score (nSPS) is 11.2. The van der Waals surface area contributed by atoms with Crippen molar-refractivity contribution in [1.29, 1.82) is 0 Å². The van der Waals surface area contributed by atoms with Gasteiger partial charge in [-0.05, 0) is 36.2 Å². The Morgan fingerprint density at radius 2 is 2.16 bits per heavy atom. The number of rotatable bonds is 6. The van der Waals surface area contributed by atoms with E-state index in [4.69, 9.17) is 0 Å². The van der Waals surface area contributed by atoms with Gasteiger partial charge in [0.2, 0.25) is 0 Å². The fourth-order valence-corrected chi connectivity index (χ4v) is 3.45. The van der Waals surface area contributed by atoms with Crippen molar-refractivity contribution in [2.75, 3.05) is 0 Å². The molecule has 0 atom stereocenters. The Balaban J connectivity index is 2.00. The van der Waals surface area contributed by atoms with E-state index in [1.807, 2.05) is 13.1 Å². The lowest BCUT2D eigenvalue weighted by atomic mass is 10.3. The first-order chi connectivity index (χ1) is 9.15. The van der Waals surface area contributed by atoms with Crippen molar-refractivity contribution >= 4 is 27.3 Å². The second-order valence-electron chi connectivity index (χ2n) is 4.33. The van der Waals surface area contributed by atoms with Crippen LogP contribution in [0.1, 0.15) is 35.1 Å². The number of nitrogens with zero attached hydrogens (tertiary/aromatic N) is 3. The largest absolute Gasteiger partial charge is 0.306 e. The highest BCUT2D eigenvalue weighted by Crippen LogP contribution is 2.22. The first kappa shape index (κ1) is 14.7. The average Bonchev–Trinajstić information content (AvgIpc) is 2.94. The van der Waals surface area contributed by atoms with Gasteiger partial charge in [-0.2, -0.15) is 5.10 Å². The van der Waals surface area contributed by atoms with Crippen LogP contribution in [0.25, 0.3) is 0 Å². The fraction of sp³-hybridized carbons (Fsp3) is 0.538. The first-order valence-electron chi connectivity index (χ1n) is 6.51. The van der Waals surface area contributed by atoms with Gasteiger partial charge in [-0.25, -0.2) is 4.98 Å². The van der Waals surface area contributed by atoms with Gasteiger partial charge in [-0.15, -0.1) is 11.3 Å². The summed E-state index contributed by atoms with van der Waals surface area (Å²) in [6, 6.07) is 0. The van der Waals surface area contributed by atoms with Crippen molar-refractivity contribution in [3.8, 4) is 0 Å². The Morgan fingerprint density at radius 1 is 1.37 bits per heavy atom. The lowest BCUT2D eigenvalue weighted by Gasteiger charge is -2.06. The van der Waals surface area contributed by atoms with Gasteiger partial charge in [0.1, 0.15) is 0 Å². The molecule has 0 saturated carbocycles. The predicted octanol–water partition coefficient (Wildman–Crippen LogP) is 3.28. The second kappa shape index (κ2) is 6.63. The summed E-state index contributed by atoms with van der Waals surface area (Å²) in [5.41, 5.74) is 2.35. The lowest BCUT2D eigenvalue weighted by Crippen LogP contribution is -2.16. The number of nitrogens with one attached hydrogen (secondary N) is 1. The molecule has 104 valence electrons. The molecule has 0 aliphatic carbocycles. The molecular weight excluding hydrogens is 324 g/mol. The molecule has 2 aromatic rings. The molecule has 6 heteroatoms. The Labute approximate surface area is 126 Å². The van der Waals surface area contributed by atoms with E-state index < -0.39 is 0 Å². The molecule has 0 aromatic carbocycles. The summed E-state index contributed by atoms with van der Waals surface area (Å²) in [6.45, 7) is 8.85. The smallest absolute Gasteiger partial charge is 0.0897 e. The monoisotopic (exact) mass is 342 g/mol. The van der Waals surface area contributed by atoms with Crippen LogP contribution in [-0.4, -0.2) is 14.8 Å². The maximum absolute atomic E-state index is 4.60. The lowest BCUT2D eigenvalue weighted by molar-refractivity contribution is 0.578. The van der Waals surface area contributed by atoms with Gasteiger partial charge in [0.15, 0.2) is 0 Å². The number of halogens is 1. The minimum Gasteiger partial charge on any atom is -0.306 e. The van der Waals surface area contributed by atoms with Gasteiger partial charge >= 0.3 is 0 Å². The summed E-state index contributed by atoms with van der Waals surface area (Å²) >= 11 is 5.40. The highest BCUT2D eigenvalue weighted by molar-refractivity contribution is 9.10. The number of aromatic nitrogens is 3. The van der Waals surface area contributed by atoms with E-state index in [0.29, 0.717) is 0 Å². The van der Waals surface area contributed by atoms with Gasteiger partial charge < -0.3 is 5.32 Å². The molecule has 0 aliphatic heterocycles. The zero-order valence-corrected chi connectivity index (χ0v) is 13.9. The molecule has 0 saturated heterocycles. The van der Waals surface area contributed by atoms with Crippen LogP contribution < -0.4 is 5.32 Å². The third-order valence-corrected chi connectivity index (χ3v) is 4.78. The van der Waals surface area contributed by atoms with E-state index in [2.05, 4.69) is 49.9 Å². The van der Waals surface area contributed by atoms with Gasteiger partial charge in [0.25, 0.3) is 0 Å². The third-order valence-electron chi connectivity index (χ3n) is 2.95.